The largest absolute Gasteiger partial charge is 0.481 e. The van der Waals surface area contributed by atoms with Crippen LogP contribution in [-0.4, -0.2) is 41.1 Å². The molecular weight excluding hydrogens is 244 g/mol. The lowest BCUT2D eigenvalue weighted by Gasteiger charge is -2.20. The van der Waals surface area contributed by atoms with Gasteiger partial charge in [0.1, 0.15) is 0 Å². The topological polar surface area (TPSA) is 69.6 Å². The van der Waals surface area contributed by atoms with Gasteiger partial charge in [-0.15, -0.1) is 0 Å². The quantitative estimate of drug-likeness (QED) is 0.728. The Morgan fingerprint density at radius 3 is 2.58 bits per heavy atom. The first-order valence-electron chi connectivity index (χ1n) is 7.24. The molecular formula is C14H26N2O3. The Morgan fingerprint density at radius 1 is 1.37 bits per heavy atom. The van der Waals surface area contributed by atoms with Crippen LogP contribution in [0.5, 0.6) is 0 Å². The lowest BCUT2D eigenvalue weighted by atomic mass is 9.99. The first kappa shape index (κ1) is 15.8. The highest BCUT2D eigenvalue weighted by Crippen LogP contribution is 2.23. The lowest BCUT2D eigenvalue weighted by Crippen LogP contribution is -2.43. The summed E-state index contributed by atoms with van der Waals surface area (Å²) in [4.78, 5) is 24.7. The van der Waals surface area contributed by atoms with Crippen molar-refractivity contribution in [1.29, 1.82) is 0 Å². The number of nitrogens with one attached hydrogen (secondary N) is 1. The SMILES string of the molecule is CCCCCC(C)NC(=O)N1CC(C)C(C(=O)O)C1. The second-order valence-corrected chi connectivity index (χ2v) is 5.67. The number of carbonyl (C=O) groups is 2. The standard InChI is InChI=1S/C14H26N2O3/c1-4-5-6-7-11(3)15-14(19)16-8-10(2)12(9-16)13(17)18/h10-12H,4-9H2,1-3H3,(H,15,19)(H,17,18). The van der Waals surface area contributed by atoms with E-state index in [1.165, 1.54) is 12.8 Å². The summed E-state index contributed by atoms with van der Waals surface area (Å²) >= 11 is 0. The van der Waals surface area contributed by atoms with Gasteiger partial charge >= 0.3 is 12.0 Å². The Balaban J connectivity index is 2.36. The molecule has 0 radical (unpaired) electrons. The maximum atomic E-state index is 12.0. The van der Waals surface area contributed by atoms with Gasteiger partial charge < -0.3 is 15.3 Å². The second-order valence-electron chi connectivity index (χ2n) is 5.67. The molecule has 0 aromatic carbocycles. The van der Waals surface area contributed by atoms with Gasteiger partial charge in [0.05, 0.1) is 5.92 Å². The number of hydrogen-bond donors (Lipinski definition) is 2. The van der Waals surface area contributed by atoms with Crippen LogP contribution >= 0.6 is 0 Å². The molecule has 1 heterocycles. The van der Waals surface area contributed by atoms with Gasteiger partial charge in [-0.1, -0.05) is 33.1 Å². The van der Waals surface area contributed by atoms with Crippen molar-refractivity contribution in [3.05, 3.63) is 0 Å². The fourth-order valence-electron chi connectivity index (χ4n) is 2.53. The fourth-order valence-corrected chi connectivity index (χ4v) is 2.53. The summed E-state index contributed by atoms with van der Waals surface area (Å²) in [5.41, 5.74) is 0. The number of rotatable bonds is 6. The molecule has 2 N–H and O–H groups in total. The van der Waals surface area contributed by atoms with Crippen molar-refractivity contribution in [1.82, 2.24) is 10.2 Å². The number of aliphatic carboxylic acids is 1. The average molecular weight is 270 g/mol. The Labute approximate surface area is 115 Å². The van der Waals surface area contributed by atoms with Crippen LogP contribution in [0.4, 0.5) is 4.79 Å². The first-order valence-corrected chi connectivity index (χ1v) is 7.24. The van der Waals surface area contributed by atoms with Crippen molar-refractivity contribution in [3.8, 4) is 0 Å². The Hall–Kier alpha value is -1.26. The maximum Gasteiger partial charge on any atom is 0.317 e. The van der Waals surface area contributed by atoms with E-state index in [1.807, 2.05) is 13.8 Å². The van der Waals surface area contributed by atoms with Crippen molar-refractivity contribution in [2.75, 3.05) is 13.1 Å². The van der Waals surface area contributed by atoms with Crippen LogP contribution < -0.4 is 5.32 Å². The molecule has 3 atom stereocenters. The predicted molar refractivity (Wildman–Crippen MR) is 74.0 cm³/mol. The molecule has 3 unspecified atom stereocenters. The summed E-state index contributed by atoms with van der Waals surface area (Å²) in [6.07, 6.45) is 4.45. The van der Waals surface area contributed by atoms with E-state index >= 15 is 0 Å². The predicted octanol–water partition coefficient (Wildman–Crippen LogP) is 2.32. The highest BCUT2D eigenvalue weighted by molar-refractivity contribution is 5.77. The van der Waals surface area contributed by atoms with Crippen molar-refractivity contribution >= 4 is 12.0 Å². The summed E-state index contributed by atoms with van der Waals surface area (Å²) in [7, 11) is 0. The summed E-state index contributed by atoms with van der Waals surface area (Å²) in [6, 6.07) is 0.0258. The van der Waals surface area contributed by atoms with Crippen LogP contribution in [0.15, 0.2) is 0 Å². The van der Waals surface area contributed by atoms with E-state index < -0.39 is 11.9 Å². The first-order chi connectivity index (χ1) is 8.95. The highest BCUT2D eigenvalue weighted by atomic mass is 16.4. The molecule has 110 valence electrons. The van der Waals surface area contributed by atoms with Gasteiger partial charge in [-0.3, -0.25) is 4.79 Å². The van der Waals surface area contributed by atoms with E-state index in [2.05, 4.69) is 12.2 Å². The molecule has 2 amide bonds. The van der Waals surface area contributed by atoms with Crippen LogP contribution in [0, 0.1) is 11.8 Å². The number of unbranched alkanes of at least 4 members (excludes halogenated alkanes) is 2. The molecule has 19 heavy (non-hydrogen) atoms. The van der Waals surface area contributed by atoms with Crippen molar-refractivity contribution < 1.29 is 14.7 Å². The number of nitrogens with zero attached hydrogens (tertiary/aromatic N) is 1. The van der Waals surface area contributed by atoms with E-state index in [1.54, 1.807) is 4.90 Å². The van der Waals surface area contributed by atoms with Gasteiger partial charge in [0, 0.05) is 19.1 Å². The zero-order chi connectivity index (χ0) is 14.4. The van der Waals surface area contributed by atoms with Crippen LogP contribution in [0.3, 0.4) is 0 Å². The minimum Gasteiger partial charge on any atom is -0.481 e. The van der Waals surface area contributed by atoms with Crippen LogP contribution in [0.1, 0.15) is 46.5 Å². The molecule has 0 saturated carbocycles. The zero-order valence-corrected chi connectivity index (χ0v) is 12.2. The summed E-state index contributed by atoms with van der Waals surface area (Å²) in [5, 5.41) is 12.0. The second kappa shape index (κ2) is 7.36. The Morgan fingerprint density at radius 2 is 2.05 bits per heavy atom. The van der Waals surface area contributed by atoms with Crippen molar-refractivity contribution in [2.24, 2.45) is 11.8 Å². The Bertz CT molecular complexity index is 320. The smallest absolute Gasteiger partial charge is 0.317 e. The number of hydrogen-bond acceptors (Lipinski definition) is 2. The summed E-state index contributed by atoms with van der Waals surface area (Å²) < 4.78 is 0. The molecule has 1 aliphatic rings. The van der Waals surface area contributed by atoms with Crippen molar-refractivity contribution in [2.45, 2.75) is 52.5 Å². The molecule has 0 bridgehead atoms. The van der Waals surface area contributed by atoms with Gasteiger partial charge in [0.15, 0.2) is 0 Å². The monoisotopic (exact) mass is 270 g/mol. The van der Waals surface area contributed by atoms with E-state index in [9.17, 15) is 9.59 Å². The third kappa shape index (κ3) is 4.73. The number of amides is 2. The van der Waals surface area contributed by atoms with Gasteiger partial charge in [-0.05, 0) is 19.3 Å². The number of likely N-dealkylation sites (tertiary alicyclic amines) is 1. The van der Waals surface area contributed by atoms with Crippen LogP contribution in [-0.2, 0) is 4.79 Å². The van der Waals surface area contributed by atoms with E-state index in [4.69, 9.17) is 5.11 Å². The molecule has 0 aromatic heterocycles. The summed E-state index contributed by atoms with van der Waals surface area (Å²) in [5.74, 6) is -1.21. The fraction of sp³-hybridized carbons (Fsp3) is 0.857. The van der Waals surface area contributed by atoms with Crippen LogP contribution in [0.2, 0.25) is 0 Å². The maximum absolute atomic E-state index is 12.0. The number of carboxylic acids is 1. The van der Waals surface area contributed by atoms with Gasteiger partial charge in [-0.25, -0.2) is 4.79 Å². The number of urea groups is 1. The number of carboxylic acid groups (broad SMARTS) is 1. The lowest BCUT2D eigenvalue weighted by molar-refractivity contribution is -0.142. The molecule has 1 aliphatic heterocycles. The third-order valence-corrected chi connectivity index (χ3v) is 3.83. The minimum atomic E-state index is -0.807. The summed E-state index contributed by atoms with van der Waals surface area (Å²) in [6.45, 7) is 6.90. The molecule has 1 saturated heterocycles. The van der Waals surface area contributed by atoms with E-state index in [0.717, 1.165) is 12.8 Å². The average Bonchev–Trinajstić information content (AvgIpc) is 2.72. The molecule has 0 aromatic rings. The van der Waals surface area contributed by atoms with E-state index in [-0.39, 0.29) is 18.0 Å². The third-order valence-electron chi connectivity index (χ3n) is 3.83. The normalized spacial score (nSPS) is 24.3. The van der Waals surface area contributed by atoms with Gasteiger partial charge in [0.2, 0.25) is 0 Å². The molecule has 5 nitrogen and oxygen atoms in total. The molecule has 0 aliphatic carbocycles. The molecule has 5 heteroatoms. The van der Waals surface area contributed by atoms with Crippen LogP contribution in [0.25, 0.3) is 0 Å². The molecule has 1 fully saturated rings. The number of carbonyl (C=O) groups excluding carboxylic acids is 1. The van der Waals surface area contributed by atoms with Crippen molar-refractivity contribution in [3.63, 3.8) is 0 Å². The Kier molecular flexibility index (Phi) is 6.12. The minimum absolute atomic E-state index is 0.0265. The van der Waals surface area contributed by atoms with E-state index in [0.29, 0.717) is 13.1 Å². The highest BCUT2D eigenvalue weighted by Gasteiger charge is 2.37. The zero-order valence-electron chi connectivity index (χ0n) is 12.2. The van der Waals surface area contributed by atoms with Gasteiger partial charge in [-0.2, -0.15) is 0 Å². The molecule has 1 rings (SSSR count). The van der Waals surface area contributed by atoms with Gasteiger partial charge in [0.25, 0.3) is 0 Å². The molecule has 0 spiro atoms.